The molecule has 1 aromatic heterocycles. The molecule has 0 fully saturated rings. The van der Waals surface area contributed by atoms with E-state index in [0.717, 1.165) is 28.1 Å². The van der Waals surface area contributed by atoms with Crippen molar-refractivity contribution in [3.05, 3.63) is 77.1 Å². The summed E-state index contributed by atoms with van der Waals surface area (Å²) in [6.07, 6.45) is 3.14. The molecule has 27 heavy (non-hydrogen) atoms. The van der Waals surface area contributed by atoms with Crippen molar-refractivity contribution in [2.24, 2.45) is 0 Å². The monoisotopic (exact) mass is 360 g/mol. The van der Waals surface area contributed by atoms with E-state index in [2.05, 4.69) is 27.4 Å². The van der Waals surface area contributed by atoms with E-state index in [1.54, 1.807) is 17.3 Å². The van der Waals surface area contributed by atoms with Crippen LogP contribution in [0.15, 0.2) is 54.9 Å². The molecule has 0 atom stereocenters. The number of hydrogen-bond acceptors (Lipinski definition) is 4. The number of nitrogens with one attached hydrogen (secondary N) is 1. The molecule has 0 unspecified atom stereocenters. The second-order valence-electron chi connectivity index (χ2n) is 6.63. The van der Waals surface area contributed by atoms with E-state index in [0.29, 0.717) is 18.1 Å². The van der Waals surface area contributed by atoms with Crippen LogP contribution in [0.3, 0.4) is 0 Å². The minimum atomic E-state index is -0.110. The highest BCUT2D eigenvalue weighted by Crippen LogP contribution is 2.21. The molecule has 0 saturated carbocycles. The maximum absolute atomic E-state index is 12.9. The van der Waals surface area contributed by atoms with Gasteiger partial charge < -0.3 is 10.2 Å². The van der Waals surface area contributed by atoms with Gasteiger partial charge in [0.05, 0.1) is 5.56 Å². The van der Waals surface area contributed by atoms with Crippen molar-refractivity contribution in [3.63, 3.8) is 0 Å². The molecular formula is C22H24N4O. The summed E-state index contributed by atoms with van der Waals surface area (Å²) in [4.78, 5) is 23.3. The number of nitrogens with zero attached hydrogens (tertiary/aromatic N) is 3. The molecule has 0 aliphatic carbocycles. The summed E-state index contributed by atoms with van der Waals surface area (Å²) in [7, 11) is 0. The standard InChI is InChI=1S/C22H24N4O/c1-5-26(19-8-6-7-15(2)11-19)21(27)18-13-23-22(24-14-18)25-20-12-16(3)9-10-17(20)4/h6-14H,5H2,1-4H3,(H,23,24,25). The third kappa shape index (κ3) is 4.31. The van der Waals surface area contributed by atoms with Gasteiger partial charge in [0, 0.05) is 30.3 Å². The van der Waals surface area contributed by atoms with E-state index >= 15 is 0 Å². The fourth-order valence-electron chi connectivity index (χ4n) is 2.89. The lowest BCUT2D eigenvalue weighted by Crippen LogP contribution is -2.30. The fraction of sp³-hybridized carbons (Fsp3) is 0.227. The van der Waals surface area contributed by atoms with Crippen LogP contribution in [0.25, 0.3) is 0 Å². The molecule has 0 saturated heterocycles. The number of aromatic nitrogens is 2. The largest absolute Gasteiger partial charge is 0.324 e. The molecular weight excluding hydrogens is 336 g/mol. The Morgan fingerprint density at radius 1 is 1.00 bits per heavy atom. The molecule has 3 aromatic rings. The summed E-state index contributed by atoms with van der Waals surface area (Å²) in [6, 6.07) is 14.1. The highest BCUT2D eigenvalue weighted by Gasteiger charge is 2.17. The number of anilines is 3. The molecule has 0 spiro atoms. The predicted molar refractivity (Wildman–Crippen MR) is 110 cm³/mol. The SMILES string of the molecule is CCN(C(=O)c1cnc(Nc2cc(C)ccc2C)nc1)c1cccc(C)c1. The van der Waals surface area contributed by atoms with Gasteiger partial charge in [-0.15, -0.1) is 0 Å². The molecule has 1 N–H and O–H groups in total. The summed E-state index contributed by atoms with van der Waals surface area (Å²) >= 11 is 0. The van der Waals surface area contributed by atoms with Crippen LogP contribution in [-0.2, 0) is 0 Å². The zero-order valence-corrected chi connectivity index (χ0v) is 16.2. The van der Waals surface area contributed by atoms with Gasteiger partial charge in [0.15, 0.2) is 0 Å². The number of rotatable bonds is 5. The van der Waals surface area contributed by atoms with Crippen molar-refractivity contribution in [2.75, 3.05) is 16.8 Å². The van der Waals surface area contributed by atoms with Gasteiger partial charge >= 0.3 is 0 Å². The average Bonchev–Trinajstić information content (AvgIpc) is 2.66. The van der Waals surface area contributed by atoms with E-state index in [1.807, 2.05) is 58.0 Å². The summed E-state index contributed by atoms with van der Waals surface area (Å²) in [5.41, 5.74) is 5.68. The van der Waals surface area contributed by atoms with Crippen LogP contribution in [0.2, 0.25) is 0 Å². The van der Waals surface area contributed by atoms with Gasteiger partial charge in [-0.2, -0.15) is 0 Å². The Balaban J connectivity index is 1.79. The first-order valence-corrected chi connectivity index (χ1v) is 9.03. The number of carbonyl (C=O) groups excluding carboxylic acids is 1. The number of carbonyl (C=O) groups is 1. The van der Waals surface area contributed by atoms with Crippen molar-refractivity contribution in [3.8, 4) is 0 Å². The normalized spacial score (nSPS) is 10.5. The van der Waals surface area contributed by atoms with E-state index < -0.39 is 0 Å². The lowest BCUT2D eigenvalue weighted by atomic mass is 10.1. The van der Waals surface area contributed by atoms with Gasteiger partial charge in [-0.1, -0.05) is 24.3 Å². The molecule has 138 valence electrons. The summed E-state index contributed by atoms with van der Waals surface area (Å²) in [6.45, 7) is 8.61. The summed E-state index contributed by atoms with van der Waals surface area (Å²) in [5, 5.41) is 3.21. The Morgan fingerprint density at radius 3 is 2.37 bits per heavy atom. The molecule has 1 heterocycles. The smallest absolute Gasteiger partial charge is 0.261 e. The van der Waals surface area contributed by atoms with Gasteiger partial charge in [0.25, 0.3) is 5.91 Å². The number of hydrogen-bond donors (Lipinski definition) is 1. The Kier molecular flexibility index (Phi) is 5.50. The van der Waals surface area contributed by atoms with E-state index in [-0.39, 0.29) is 5.91 Å². The Hall–Kier alpha value is -3.21. The highest BCUT2D eigenvalue weighted by molar-refractivity contribution is 6.05. The Morgan fingerprint density at radius 2 is 1.70 bits per heavy atom. The van der Waals surface area contributed by atoms with Gasteiger partial charge in [-0.05, 0) is 62.6 Å². The van der Waals surface area contributed by atoms with E-state index in [4.69, 9.17) is 0 Å². The molecule has 5 heteroatoms. The second-order valence-corrected chi connectivity index (χ2v) is 6.63. The van der Waals surface area contributed by atoms with Crippen molar-refractivity contribution >= 4 is 23.2 Å². The van der Waals surface area contributed by atoms with Crippen LogP contribution < -0.4 is 10.2 Å². The van der Waals surface area contributed by atoms with Crippen LogP contribution in [0.4, 0.5) is 17.3 Å². The quantitative estimate of drug-likeness (QED) is 0.709. The van der Waals surface area contributed by atoms with Crippen LogP contribution in [0, 0.1) is 20.8 Å². The molecule has 3 rings (SSSR count). The van der Waals surface area contributed by atoms with Gasteiger partial charge in [-0.3, -0.25) is 4.79 Å². The molecule has 1 amide bonds. The van der Waals surface area contributed by atoms with Crippen LogP contribution in [-0.4, -0.2) is 22.4 Å². The molecule has 2 aromatic carbocycles. The van der Waals surface area contributed by atoms with Crippen molar-refractivity contribution < 1.29 is 4.79 Å². The first kappa shape index (κ1) is 18.6. The lowest BCUT2D eigenvalue weighted by Gasteiger charge is -2.21. The van der Waals surface area contributed by atoms with Crippen LogP contribution >= 0.6 is 0 Å². The Bertz CT molecular complexity index is 951. The first-order chi connectivity index (χ1) is 13.0. The molecule has 5 nitrogen and oxygen atoms in total. The highest BCUT2D eigenvalue weighted by atomic mass is 16.2. The fourth-order valence-corrected chi connectivity index (χ4v) is 2.89. The number of amides is 1. The molecule has 0 bridgehead atoms. The number of aryl methyl sites for hydroxylation is 3. The van der Waals surface area contributed by atoms with Crippen molar-refractivity contribution in [2.45, 2.75) is 27.7 Å². The van der Waals surface area contributed by atoms with Gasteiger partial charge in [0.2, 0.25) is 5.95 Å². The van der Waals surface area contributed by atoms with Gasteiger partial charge in [-0.25, -0.2) is 9.97 Å². The topological polar surface area (TPSA) is 58.1 Å². The zero-order valence-electron chi connectivity index (χ0n) is 16.2. The molecule has 0 aliphatic rings. The van der Waals surface area contributed by atoms with Crippen LogP contribution in [0.5, 0.6) is 0 Å². The maximum Gasteiger partial charge on any atom is 0.261 e. The lowest BCUT2D eigenvalue weighted by molar-refractivity contribution is 0.0987. The predicted octanol–water partition coefficient (Wildman–Crippen LogP) is 4.81. The van der Waals surface area contributed by atoms with Crippen molar-refractivity contribution in [1.29, 1.82) is 0 Å². The maximum atomic E-state index is 12.9. The third-order valence-corrected chi connectivity index (χ3v) is 4.41. The second kappa shape index (κ2) is 7.99. The van der Waals surface area contributed by atoms with E-state index in [1.165, 1.54) is 0 Å². The Labute approximate surface area is 160 Å². The zero-order chi connectivity index (χ0) is 19.4. The van der Waals surface area contributed by atoms with Gasteiger partial charge in [0.1, 0.15) is 0 Å². The van der Waals surface area contributed by atoms with E-state index in [9.17, 15) is 4.79 Å². The molecule has 0 aliphatic heterocycles. The first-order valence-electron chi connectivity index (χ1n) is 9.03. The van der Waals surface area contributed by atoms with Crippen LogP contribution in [0.1, 0.15) is 34.0 Å². The average molecular weight is 360 g/mol. The third-order valence-electron chi connectivity index (χ3n) is 4.41. The minimum Gasteiger partial charge on any atom is -0.324 e. The minimum absolute atomic E-state index is 0.110. The summed E-state index contributed by atoms with van der Waals surface area (Å²) in [5.74, 6) is 0.361. The van der Waals surface area contributed by atoms with Crippen molar-refractivity contribution in [1.82, 2.24) is 9.97 Å². The molecule has 0 radical (unpaired) electrons. The summed E-state index contributed by atoms with van der Waals surface area (Å²) < 4.78 is 0. The number of benzene rings is 2.